The van der Waals surface area contributed by atoms with Crippen LogP contribution in [0, 0.1) is 5.82 Å². The van der Waals surface area contributed by atoms with Gasteiger partial charge in [0.15, 0.2) is 6.61 Å². The first-order valence-corrected chi connectivity index (χ1v) is 9.98. The molecular formula is C24H19ClFN3O2. The third-order valence-electron chi connectivity index (χ3n) is 4.61. The molecule has 1 N–H and O–H groups in total. The van der Waals surface area contributed by atoms with Crippen molar-refractivity contribution in [1.29, 1.82) is 0 Å². The molecule has 0 bridgehead atoms. The van der Waals surface area contributed by atoms with Gasteiger partial charge in [0.25, 0.3) is 5.91 Å². The van der Waals surface area contributed by atoms with E-state index >= 15 is 0 Å². The van der Waals surface area contributed by atoms with Gasteiger partial charge in [-0.15, -0.1) is 0 Å². The summed E-state index contributed by atoms with van der Waals surface area (Å²) < 4.78 is 20.8. The first kappa shape index (κ1) is 20.6. The quantitative estimate of drug-likeness (QED) is 0.327. The molecule has 4 rings (SSSR count). The third kappa shape index (κ3) is 5.49. The van der Waals surface area contributed by atoms with E-state index in [-0.39, 0.29) is 18.3 Å². The lowest BCUT2D eigenvalue weighted by Gasteiger charge is -2.06. The summed E-state index contributed by atoms with van der Waals surface area (Å²) in [6.45, 7) is 0.414. The number of aromatic nitrogens is 1. The summed E-state index contributed by atoms with van der Waals surface area (Å²) in [6.07, 6.45) is 3.53. The van der Waals surface area contributed by atoms with Gasteiger partial charge in [0.05, 0.1) is 6.21 Å². The average Bonchev–Trinajstić information content (AvgIpc) is 3.14. The first-order chi connectivity index (χ1) is 15.1. The zero-order valence-corrected chi connectivity index (χ0v) is 17.2. The average molecular weight is 436 g/mol. The molecule has 4 aromatic rings. The van der Waals surface area contributed by atoms with Crippen molar-refractivity contribution in [2.75, 3.05) is 6.61 Å². The normalized spacial score (nSPS) is 11.2. The Hall–Kier alpha value is -3.64. The van der Waals surface area contributed by atoms with Gasteiger partial charge in [-0.1, -0.05) is 35.9 Å². The van der Waals surface area contributed by atoms with Crippen molar-refractivity contribution in [3.8, 4) is 5.75 Å². The summed E-state index contributed by atoms with van der Waals surface area (Å²) >= 11 is 5.88. The van der Waals surface area contributed by atoms with Crippen LogP contribution < -0.4 is 10.2 Å². The largest absolute Gasteiger partial charge is 0.484 e. The molecule has 0 spiro atoms. The molecule has 5 nitrogen and oxygen atoms in total. The minimum atomic E-state index is -0.376. The Balaban J connectivity index is 1.35. The van der Waals surface area contributed by atoms with Crippen molar-refractivity contribution < 1.29 is 13.9 Å². The lowest BCUT2D eigenvalue weighted by atomic mass is 10.1. The number of nitrogens with zero attached hydrogens (tertiary/aromatic N) is 2. The summed E-state index contributed by atoms with van der Waals surface area (Å²) in [7, 11) is 0. The van der Waals surface area contributed by atoms with Crippen LogP contribution in [0.3, 0.4) is 0 Å². The molecule has 156 valence electrons. The van der Waals surface area contributed by atoms with Crippen molar-refractivity contribution in [3.63, 3.8) is 0 Å². The standard InChI is InChI=1S/C24H19ClFN3O2/c25-20-4-2-6-22(13-20)31-16-24(30)28-27-14-17-7-8-23-19(11-17)9-10-29(23)15-18-3-1-5-21(26)12-18/h1-14H,15-16H2,(H,28,30)/b27-14-. The van der Waals surface area contributed by atoms with Crippen LogP contribution in [0.5, 0.6) is 5.75 Å². The lowest BCUT2D eigenvalue weighted by Crippen LogP contribution is -2.24. The Bertz CT molecular complexity index is 1250. The van der Waals surface area contributed by atoms with Crippen LogP contribution in [0.1, 0.15) is 11.1 Å². The Morgan fingerprint density at radius 2 is 1.97 bits per heavy atom. The Labute approximate surface area is 183 Å². The van der Waals surface area contributed by atoms with E-state index in [1.54, 1.807) is 36.5 Å². The molecule has 7 heteroatoms. The van der Waals surface area contributed by atoms with E-state index in [1.165, 1.54) is 12.1 Å². The second-order valence-corrected chi connectivity index (χ2v) is 7.37. The van der Waals surface area contributed by atoms with Crippen LogP contribution in [0.25, 0.3) is 10.9 Å². The van der Waals surface area contributed by atoms with E-state index in [4.69, 9.17) is 16.3 Å². The summed E-state index contributed by atoms with van der Waals surface area (Å²) in [5, 5.41) is 5.55. The summed E-state index contributed by atoms with van der Waals surface area (Å²) in [4.78, 5) is 11.9. The maximum Gasteiger partial charge on any atom is 0.277 e. The number of ether oxygens (including phenoxy) is 1. The number of carbonyl (C=O) groups excluding carboxylic acids is 1. The fourth-order valence-corrected chi connectivity index (χ4v) is 3.37. The monoisotopic (exact) mass is 435 g/mol. The van der Waals surface area contributed by atoms with Gasteiger partial charge < -0.3 is 9.30 Å². The molecule has 0 aliphatic rings. The number of nitrogens with one attached hydrogen (secondary N) is 1. The predicted octanol–water partition coefficient (Wildman–Crippen LogP) is 5.01. The molecule has 0 fully saturated rings. The second-order valence-electron chi connectivity index (χ2n) is 6.93. The molecule has 1 amide bonds. The molecule has 0 aliphatic heterocycles. The number of fused-ring (bicyclic) bond motifs is 1. The second kappa shape index (κ2) is 9.45. The highest BCUT2D eigenvalue weighted by Gasteiger charge is 2.05. The maximum atomic E-state index is 13.4. The van der Waals surface area contributed by atoms with E-state index < -0.39 is 0 Å². The van der Waals surface area contributed by atoms with Gasteiger partial charge in [-0.05, 0) is 59.7 Å². The molecule has 1 heterocycles. The number of amides is 1. The smallest absolute Gasteiger partial charge is 0.277 e. The van der Waals surface area contributed by atoms with Crippen LogP contribution in [0.4, 0.5) is 4.39 Å². The SMILES string of the molecule is O=C(COc1cccc(Cl)c1)N/N=C\c1ccc2c(ccn2Cc2cccc(F)c2)c1. The number of hydrogen-bond acceptors (Lipinski definition) is 3. The maximum absolute atomic E-state index is 13.4. The van der Waals surface area contributed by atoms with Gasteiger partial charge in [0.2, 0.25) is 0 Å². The minimum Gasteiger partial charge on any atom is -0.484 e. The summed E-state index contributed by atoms with van der Waals surface area (Å²) in [5.41, 5.74) is 5.20. The van der Waals surface area contributed by atoms with Crippen LogP contribution in [-0.2, 0) is 11.3 Å². The topological polar surface area (TPSA) is 55.6 Å². The zero-order valence-electron chi connectivity index (χ0n) is 16.5. The molecule has 0 radical (unpaired) electrons. The zero-order chi connectivity index (χ0) is 21.6. The molecule has 1 aromatic heterocycles. The fraction of sp³-hybridized carbons (Fsp3) is 0.0833. The van der Waals surface area contributed by atoms with E-state index in [0.29, 0.717) is 17.3 Å². The van der Waals surface area contributed by atoms with Gasteiger partial charge in [0.1, 0.15) is 11.6 Å². The van der Waals surface area contributed by atoms with Gasteiger partial charge >= 0.3 is 0 Å². The highest BCUT2D eigenvalue weighted by atomic mass is 35.5. The van der Waals surface area contributed by atoms with E-state index in [0.717, 1.165) is 22.0 Å². The van der Waals surface area contributed by atoms with Gasteiger partial charge in [-0.25, -0.2) is 9.82 Å². The molecule has 0 atom stereocenters. The minimum absolute atomic E-state index is 0.167. The molecule has 31 heavy (non-hydrogen) atoms. The number of rotatable bonds is 7. The first-order valence-electron chi connectivity index (χ1n) is 9.60. The van der Waals surface area contributed by atoms with Crippen LogP contribution in [0.2, 0.25) is 5.02 Å². The molecular weight excluding hydrogens is 417 g/mol. The molecule has 0 unspecified atom stereocenters. The summed E-state index contributed by atoms with van der Waals surface area (Å²) in [6, 6.07) is 21.2. The number of hydrazone groups is 1. The van der Waals surface area contributed by atoms with Crippen molar-refractivity contribution >= 4 is 34.6 Å². The van der Waals surface area contributed by atoms with Gasteiger partial charge in [-0.2, -0.15) is 5.10 Å². The van der Waals surface area contributed by atoms with Crippen LogP contribution in [0.15, 0.2) is 84.1 Å². The number of benzene rings is 3. The third-order valence-corrected chi connectivity index (χ3v) is 4.84. The predicted molar refractivity (Wildman–Crippen MR) is 120 cm³/mol. The van der Waals surface area contributed by atoms with Crippen molar-refractivity contribution in [1.82, 2.24) is 9.99 Å². The van der Waals surface area contributed by atoms with Crippen LogP contribution >= 0.6 is 11.6 Å². The van der Waals surface area contributed by atoms with Crippen LogP contribution in [-0.4, -0.2) is 23.3 Å². The van der Waals surface area contributed by atoms with Crippen molar-refractivity contribution in [2.24, 2.45) is 5.10 Å². The van der Waals surface area contributed by atoms with E-state index in [1.807, 2.05) is 36.5 Å². The molecule has 0 saturated heterocycles. The van der Waals surface area contributed by atoms with Gasteiger partial charge in [-0.3, -0.25) is 4.79 Å². The molecule has 0 saturated carbocycles. The van der Waals surface area contributed by atoms with Gasteiger partial charge in [0, 0.05) is 28.7 Å². The molecule has 3 aromatic carbocycles. The highest BCUT2D eigenvalue weighted by Crippen LogP contribution is 2.19. The Kier molecular flexibility index (Phi) is 6.29. The number of hydrogen-bond donors (Lipinski definition) is 1. The summed E-state index contributed by atoms with van der Waals surface area (Å²) in [5.74, 6) is -0.106. The van der Waals surface area contributed by atoms with E-state index in [9.17, 15) is 9.18 Å². The number of halogens is 2. The highest BCUT2D eigenvalue weighted by molar-refractivity contribution is 6.30. The molecule has 0 aliphatic carbocycles. The van der Waals surface area contributed by atoms with Crippen molar-refractivity contribution in [3.05, 3.63) is 101 Å². The Morgan fingerprint density at radius 3 is 2.81 bits per heavy atom. The number of carbonyl (C=O) groups is 1. The lowest BCUT2D eigenvalue weighted by molar-refractivity contribution is -0.123. The fourth-order valence-electron chi connectivity index (χ4n) is 3.19. The Morgan fingerprint density at radius 1 is 1.10 bits per heavy atom. The van der Waals surface area contributed by atoms with Crippen molar-refractivity contribution in [2.45, 2.75) is 6.54 Å². The van der Waals surface area contributed by atoms with E-state index in [2.05, 4.69) is 15.1 Å².